The second kappa shape index (κ2) is 6.19. The predicted octanol–water partition coefficient (Wildman–Crippen LogP) is 3.32. The molecular formula is C16H23NO2S. The molecule has 1 atom stereocenters. The van der Waals surface area contributed by atoms with Gasteiger partial charge in [0.15, 0.2) is 0 Å². The Morgan fingerprint density at radius 2 is 2.20 bits per heavy atom. The van der Waals surface area contributed by atoms with Gasteiger partial charge in [0.25, 0.3) is 0 Å². The first-order valence-corrected chi connectivity index (χ1v) is 8.13. The van der Waals surface area contributed by atoms with Crippen molar-refractivity contribution in [1.82, 2.24) is 5.32 Å². The van der Waals surface area contributed by atoms with E-state index in [4.69, 9.17) is 0 Å². The summed E-state index contributed by atoms with van der Waals surface area (Å²) in [6.07, 6.45) is 2.03. The van der Waals surface area contributed by atoms with Gasteiger partial charge in [-0.25, -0.2) is 0 Å². The second-order valence-corrected chi connectivity index (χ2v) is 7.00. The molecule has 1 aromatic carbocycles. The van der Waals surface area contributed by atoms with Gasteiger partial charge in [-0.1, -0.05) is 17.7 Å². The van der Waals surface area contributed by atoms with Crippen molar-refractivity contribution in [1.29, 1.82) is 0 Å². The van der Waals surface area contributed by atoms with Crippen LogP contribution in [-0.2, 0) is 4.79 Å². The third-order valence-corrected chi connectivity index (χ3v) is 4.85. The van der Waals surface area contributed by atoms with Crippen LogP contribution in [0.4, 0.5) is 0 Å². The van der Waals surface area contributed by atoms with Crippen LogP contribution in [0, 0.1) is 12.8 Å². The van der Waals surface area contributed by atoms with Crippen molar-refractivity contribution in [2.45, 2.75) is 50.1 Å². The van der Waals surface area contributed by atoms with Gasteiger partial charge in [-0.3, -0.25) is 10.1 Å². The Morgan fingerprint density at radius 1 is 1.50 bits per heavy atom. The summed E-state index contributed by atoms with van der Waals surface area (Å²) in [5.74, 6) is 0.128. The highest BCUT2D eigenvalue weighted by molar-refractivity contribution is 7.99. The van der Waals surface area contributed by atoms with Gasteiger partial charge in [0.05, 0.1) is 0 Å². The van der Waals surface area contributed by atoms with Crippen molar-refractivity contribution in [2.24, 2.45) is 5.92 Å². The molecule has 1 aromatic rings. The van der Waals surface area contributed by atoms with E-state index >= 15 is 0 Å². The van der Waals surface area contributed by atoms with Crippen molar-refractivity contribution in [3.63, 3.8) is 0 Å². The number of hydrogen-bond acceptors (Lipinski definition) is 3. The normalized spacial score (nSPS) is 18.0. The number of carbonyl (C=O) groups is 1. The summed E-state index contributed by atoms with van der Waals surface area (Å²) in [6, 6.07) is 8.41. The van der Waals surface area contributed by atoms with Gasteiger partial charge in [-0.05, 0) is 51.7 Å². The zero-order valence-electron chi connectivity index (χ0n) is 12.3. The van der Waals surface area contributed by atoms with Crippen molar-refractivity contribution in [2.75, 3.05) is 5.75 Å². The second-order valence-electron chi connectivity index (χ2n) is 5.95. The van der Waals surface area contributed by atoms with E-state index in [1.54, 1.807) is 11.8 Å². The fourth-order valence-corrected chi connectivity index (χ4v) is 3.85. The third kappa shape index (κ3) is 3.55. The number of aryl methyl sites for hydroxylation is 1. The largest absolute Gasteiger partial charge is 0.480 e. The minimum atomic E-state index is -0.789. The summed E-state index contributed by atoms with van der Waals surface area (Å²) < 4.78 is 0. The number of thioether (sulfide) groups is 1. The van der Waals surface area contributed by atoms with Crippen molar-refractivity contribution in [3.05, 3.63) is 29.8 Å². The fraction of sp³-hybridized carbons (Fsp3) is 0.562. The maximum Gasteiger partial charge on any atom is 0.325 e. The molecule has 1 unspecified atom stereocenters. The van der Waals surface area contributed by atoms with Crippen LogP contribution in [0.2, 0.25) is 0 Å². The van der Waals surface area contributed by atoms with Crippen LogP contribution in [0.1, 0.15) is 32.3 Å². The van der Waals surface area contributed by atoms with Crippen LogP contribution in [0.5, 0.6) is 0 Å². The van der Waals surface area contributed by atoms with Gasteiger partial charge >= 0.3 is 5.97 Å². The van der Waals surface area contributed by atoms with Crippen LogP contribution < -0.4 is 5.32 Å². The molecule has 4 heteroatoms. The molecule has 0 saturated heterocycles. The molecule has 0 amide bonds. The van der Waals surface area contributed by atoms with Crippen molar-refractivity contribution >= 4 is 17.7 Å². The molecule has 0 aliphatic heterocycles. The lowest BCUT2D eigenvalue weighted by Gasteiger charge is -2.32. The van der Waals surface area contributed by atoms with Gasteiger partial charge in [0, 0.05) is 16.7 Å². The maximum atomic E-state index is 11.9. The first-order valence-electron chi connectivity index (χ1n) is 7.14. The summed E-state index contributed by atoms with van der Waals surface area (Å²) in [5.41, 5.74) is 0.418. The van der Waals surface area contributed by atoms with Crippen LogP contribution in [0.15, 0.2) is 29.2 Å². The van der Waals surface area contributed by atoms with Crippen molar-refractivity contribution < 1.29 is 9.90 Å². The van der Waals surface area contributed by atoms with Gasteiger partial charge < -0.3 is 5.11 Å². The average Bonchev–Trinajstić information content (AvgIpc) is 3.18. The number of aliphatic carboxylic acids is 1. The highest BCUT2D eigenvalue weighted by Crippen LogP contribution is 2.43. The van der Waals surface area contributed by atoms with E-state index < -0.39 is 11.5 Å². The van der Waals surface area contributed by atoms with Gasteiger partial charge in [0.1, 0.15) is 5.54 Å². The number of nitrogens with one attached hydrogen (secondary N) is 1. The Bertz CT molecular complexity index is 485. The number of carboxylic acid groups (broad SMARTS) is 1. The van der Waals surface area contributed by atoms with E-state index in [1.165, 1.54) is 5.56 Å². The third-order valence-electron chi connectivity index (χ3n) is 3.66. The van der Waals surface area contributed by atoms with Crippen LogP contribution in [0.3, 0.4) is 0 Å². The minimum absolute atomic E-state index is 0.171. The Balaban J connectivity index is 2.13. The summed E-state index contributed by atoms with van der Waals surface area (Å²) in [7, 11) is 0. The molecule has 0 spiro atoms. The standard InChI is InChI=1S/C16H23NO2S/c1-11(2)17-16(15(18)19,13-7-8-13)10-20-14-6-4-5-12(3)9-14/h4-6,9,11,13,17H,7-8,10H2,1-3H3,(H,18,19). The Morgan fingerprint density at radius 3 is 2.70 bits per heavy atom. The Kier molecular flexibility index (Phi) is 4.76. The summed E-state index contributed by atoms with van der Waals surface area (Å²) in [6.45, 7) is 6.08. The van der Waals surface area contributed by atoms with Crippen LogP contribution in [-0.4, -0.2) is 28.4 Å². The number of carboxylic acids is 1. The van der Waals surface area contributed by atoms with E-state index in [-0.39, 0.29) is 12.0 Å². The molecule has 1 fully saturated rings. The van der Waals surface area contributed by atoms with E-state index in [0.717, 1.165) is 17.7 Å². The van der Waals surface area contributed by atoms with Gasteiger partial charge in [-0.15, -0.1) is 11.8 Å². The average molecular weight is 293 g/mol. The van der Waals surface area contributed by atoms with E-state index in [9.17, 15) is 9.90 Å². The van der Waals surface area contributed by atoms with Gasteiger partial charge in [-0.2, -0.15) is 0 Å². The predicted molar refractivity (Wildman–Crippen MR) is 83.3 cm³/mol. The summed E-state index contributed by atoms with van der Waals surface area (Å²) in [4.78, 5) is 13.0. The van der Waals surface area contributed by atoms with E-state index in [1.807, 2.05) is 26.0 Å². The molecule has 1 saturated carbocycles. The van der Waals surface area contributed by atoms with Gasteiger partial charge in [0.2, 0.25) is 0 Å². The highest BCUT2D eigenvalue weighted by atomic mass is 32.2. The molecule has 2 N–H and O–H groups in total. The molecule has 0 radical (unpaired) electrons. The maximum absolute atomic E-state index is 11.9. The zero-order valence-corrected chi connectivity index (χ0v) is 13.2. The monoisotopic (exact) mass is 293 g/mol. The number of hydrogen-bond donors (Lipinski definition) is 2. The Hall–Kier alpha value is -1.00. The molecule has 2 rings (SSSR count). The molecule has 0 aromatic heterocycles. The molecule has 1 aliphatic rings. The molecule has 110 valence electrons. The highest BCUT2D eigenvalue weighted by Gasteiger charge is 2.51. The summed E-state index contributed by atoms with van der Waals surface area (Å²) in [5, 5.41) is 13.1. The number of rotatable bonds is 7. The van der Waals surface area contributed by atoms with Crippen molar-refractivity contribution in [3.8, 4) is 0 Å². The minimum Gasteiger partial charge on any atom is -0.480 e. The Labute approximate surface area is 125 Å². The molecule has 0 bridgehead atoms. The lowest BCUT2D eigenvalue weighted by Crippen LogP contribution is -2.58. The number of benzene rings is 1. The first kappa shape index (κ1) is 15.4. The molecule has 20 heavy (non-hydrogen) atoms. The quantitative estimate of drug-likeness (QED) is 0.757. The zero-order chi connectivity index (χ0) is 14.8. The van der Waals surface area contributed by atoms with Crippen LogP contribution in [0.25, 0.3) is 0 Å². The first-order chi connectivity index (χ1) is 9.44. The lowest BCUT2D eigenvalue weighted by molar-refractivity contribution is -0.145. The SMILES string of the molecule is Cc1cccc(SCC(NC(C)C)(C(=O)O)C2CC2)c1. The molecule has 1 aliphatic carbocycles. The van der Waals surface area contributed by atoms with E-state index in [0.29, 0.717) is 5.75 Å². The van der Waals surface area contributed by atoms with Crippen LogP contribution >= 0.6 is 11.8 Å². The van der Waals surface area contributed by atoms with E-state index in [2.05, 4.69) is 24.4 Å². The molecule has 0 heterocycles. The summed E-state index contributed by atoms with van der Waals surface area (Å²) >= 11 is 1.64. The smallest absolute Gasteiger partial charge is 0.325 e. The lowest BCUT2D eigenvalue weighted by atomic mass is 9.94. The topological polar surface area (TPSA) is 49.3 Å². The molecular weight excluding hydrogens is 270 g/mol. The molecule has 3 nitrogen and oxygen atoms in total. The fourth-order valence-electron chi connectivity index (χ4n) is 2.57.